The predicted octanol–water partition coefficient (Wildman–Crippen LogP) is 1.85. The molecule has 2 fully saturated rings. The molecule has 1 aromatic carbocycles. The second-order valence-corrected chi connectivity index (χ2v) is 8.95. The lowest BCUT2D eigenvalue weighted by Gasteiger charge is -2.36. The maximum absolute atomic E-state index is 13.1. The van der Waals surface area contributed by atoms with E-state index in [0.717, 1.165) is 67.5 Å². The van der Waals surface area contributed by atoms with Gasteiger partial charge in [0.2, 0.25) is 5.95 Å². The minimum Gasteiger partial charge on any atom is -0.376 e. The fourth-order valence-corrected chi connectivity index (χ4v) is 4.86. The average Bonchev–Trinajstić information content (AvgIpc) is 3.18. The van der Waals surface area contributed by atoms with Crippen LogP contribution < -0.4 is 4.90 Å². The standard InChI is InChI=1S/C23H29N5O2/c1-17-4-3-5-18(12-17)21(29)28-7-6-23(15-28)16-30-14-19-13-24-22(25-20(19)23)27-10-8-26(2)9-11-27/h3-5,12-13H,6-11,14-16H2,1-2H3. The number of likely N-dealkylation sites (tertiary alicyclic amines) is 1. The molecule has 1 atom stereocenters. The van der Waals surface area contributed by atoms with E-state index in [4.69, 9.17) is 9.72 Å². The fourth-order valence-electron chi connectivity index (χ4n) is 4.86. The van der Waals surface area contributed by atoms with Gasteiger partial charge in [-0.3, -0.25) is 4.79 Å². The van der Waals surface area contributed by atoms with E-state index in [1.54, 1.807) is 0 Å². The summed E-state index contributed by atoms with van der Waals surface area (Å²) in [6.07, 6.45) is 2.80. The number of fused-ring (bicyclic) bond motifs is 2. The van der Waals surface area contributed by atoms with Crippen LogP contribution >= 0.6 is 0 Å². The minimum atomic E-state index is -0.239. The molecule has 0 N–H and O–H groups in total. The van der Waals surface area contributed by atoms with Crippen LogP contribution in [0.3, 0.4) is 0 Å². The van der Waals surface area contributed by atoms with E-state index in [1.807, 2.05) is 42.3 Å². The van der Waals surface area contributed by atoms with Crippen LogP contribution in [0.5, 0.6) is 0 Å². The van der Waals surface area contributed by atoms with Crippen molar-refractivity contribution >= 4 is 11.9 Å². The number of anilines is 1. The highest BCUT2D eigenvalue weighted by atomic mass is 16.5. The van der Waals surface area contributed by atoms with E-state index >= 15 is 0 Å². The molecule has 7 nitrogen and oxygen atoms in total. The number of carbonyl (C=O) groups is 1. The lowest BCUT2D eigenvalue weighted by molar-refractivity contribution is 0.0484. The number of piperazine rings is 1. The molecule has 1 unspecified atom stereocenters. The van der Waals surface area contributed by atoms with Crippen molar-refractivity contribution in [3.8, 4) is 0 Å². The topological polar surface area (TPSA) is 61.8 Å². The Hall–Kier alpha value is -2.51. The maximum Gasteiger partial charge on any atom is 0.253 e. The zero-order valence-electron chi connectivity index (χ0n) is 17.8. The van der Waals surface area contributed by atoms with E-state index in [9.17, 15) is 4.79 Å². The first-order valence-electron chi connectivity index (χ1n) is 10.8. The number of hydrogen-bond acceptors (Lipinski definition) is 6. The Bertz CT molecular complexity index is 956. The van der Waals surface area contributed by atoms with E-state index in [1.165, 1.54) is 0 Å². The number of aromatic nitrogens is 2. The van der Waals surface area contributed by atoms with Crippen LogP contribution in [0.25, 0.3) is 0 Å². The lowest BCUT2D eigenvalue weighted by atomic mass is 9.80. The summed E-state index contributed by atoms with van der Waals surface area (Å²) in [7, 11) is 2.15. The number of aryl methyl sites for hydroxylation is 1. The zero-order valence-corrected chi connectivity index (χ0v) is 17.8. The number of benzene rings is 1. The van der Waals surface area contributed by atoms with E-state index < -0.39 is 0 Å². The van der Waals surface area contributed by atoms with Crippen LogP contribution in [0.2, 0.25) is 0 Å². The molecule has 7 heteroatoms. The summed E-state index contributed by atoms with van der Waals surface area (Å²) in [5.41, 5.74) is 3.76. The highest BCUT2D eigenvalue weighted by Gasteiger charge is 2.46. The molecule has 0 bridgehead atoms. The van der Waals surface area contributed by atoms with Gasteiger partial charge in [-0.05, 0) is 32.5 Å². The summed E-state index contributed by atoms with van der Waals surface area (Å²) in [4.78, 5) is 29.4. The maximum atomic E-state index is 13.1. The average molecular weight is 408 g/mol. The van der Waals surface area contributed by atoms with E-state index in [0.29, 0.717) is 19.8 Å². The Morgan fingerprint density at radius 3 is 2.80 bits per heavy atom. The summed E-state index contributed by atoms with van der Waals surface area (Å²) in [6, 6.07) is 7.83. The van der Waals surface area contributed by atoms with Gasteiger partial charge in [-0.2, -0.15) is 0 Å². The quantitative estimate of drug-likeness (QED) is 0.757. The van der Waals surface area contributed by atoms with Gasteiger partial charge in [-0.25, -0.2) is 9.97 Å². The van der Waals surface area contributed by atoms with Gasteiger partial charge in [0, 0.05) is 56.6 Å². The van der Waals surface area contributed by atoms with Gasteiger partial charge in [-0.15, -0.1) is 0 Å². The Labute approximate surface area is 177 Å². The van der Waals surface area contributed by atoms with Gasteiger partial charge in [0.1, 0.15) is 0 Å². The fraction of sp³-hybridized carbons (Fsp3) is 0.522. The van der Waals surface area contributed by atoms with Gasteiger partial charge >= 0.3 is 0 Å². The molecule has 3 aliphatic heterocycles. The van der Waals surface area contributed by atoms with Gasteiger partial charge < -0.3 is 19.4 Å². The molecule has 4 heterocycles. The first-order chi connectivity index (χ1) is 14.5. The Kier molecular flexibility index (Phi) is 4.95. The van der Waals surface area contributed by atoms with Crippen molar-refractivity contribution < 1.29 is 9.53 Å². The third-order valence-electron chi connectivity index (χ3n) is 6.68. The molecule has 0 radical (unpaired) electrons. The molecule has 1 amide bonds. The largest absolute Gasteiger partial charge is 0.376 e. The number of ether oxygens (including phenoxy) is 1. The summed E-state index contributed by atoms with van der Waals surface area (Å²) < 4.78 is 5.95. The van der Waals surface area contributed by atoms with Gasteiger partial charge in [-0.1, -0.05) is 17.7 Å². The minimum absolute atomic E-state index is 0.0936. The van der Waals surface area contributed by atoms with E-state index in [2.05, 4.69) is 21.8 Å². The second-order valence-electron chi connectivity index (χ2n) is 8.95. The highest BCUT2D eigenvalue weighted by molar-refractivity contribution is 5.94. The molecule has 5 rings (SSSR count). The summed E-state index contributed by atoms with van der Waals surface area (Å²) in [6.45, 7) is 8.47. The van der Waals surface area contributed by atoms with Crippen LogP contribution in [0, 0.1) is 6.92 Å². The third kappa shape index (κ3) is 3.46. The monoisotopic (exact) mass is 407 g/mol. The number of rotatable bonds is 2. The first kappa shape index (κ1) is 19.5. The van der Waals surface area contributed by atoms with Gasteiger partial charge in [0.25, 0.3) is 5.91 Å². The third-order valence-corrected chi connectivity index (χ3v) is 6.68. The van der Waals surface area contributed by atoms with Crippen molar-refractivity contribution in [2.75, 3.05) is 57.8 Å². The molecule has 30 heavy (non-hydrogen) atoms. The molecule has 0 aliphatic carbocycles. The Balaban J connectivity index is 1.41. The number of carbonyl (C=O) groups excluding carboxylic acids is 1. The smallest absolute Gasteiger partial charge is 0.253 e. The van der Waals surface area contributed by atoms with Crippen molar-refractivity contribution in [1.82, 2.24) is 19.8 Å². The SMILES string of the molecule is Cc1cccc(C(=O)N2CCC3(COCc4cnc(N5CCN(C)CC5)nc43)C2)c1. The van der Waals surface area contributed by atoms with Crippen LogP contribution in [-0.2, 0) is 16.8 Å². The van der Waals surface area contributed by atoms with Gasteiger partial charge in [0.15, 0.2) is 0 Å². The van der Waals surface area contributed by atoms with E-state index in [-0.39, 0.29) is 11.3 Å². The molecular weight excluding hydrogens is 378 g/mol. The van der Waals surface area contributed by atoms with Crippen LogP contribution in [0.1, 0.15) is 33.6 Å². The molecule has 2 saturated heterocycles. The molecule has 158 valence electrons. The summed E-state index contributed by atoms with van der Waals surface area (Å²) in [5.74, 6) is 0.905. The van der Waals surface area contributed by atoms with Gasteiger partial charge in [0.05, 0.1) is 24.3 Å². The first-order valence-corrected chi connectivity index (χ1v) is 10.8. The van der Waals surface area contributed by atoms with Crippen molar-refractivity contribution in [1.29, 1.82) is 0 Å². The Morgan fingerprint density at radius 2 is 2.00 bits per heavy atom. The number of nitrogens with zero attached hydrogens (tertiary/aromatic N) is 5. The second kappa shape index (κ2) is 7.63. The summed E-state index contributed by atoms with van der Waals surface area (Å²) in [5, 5.41) is 0. The molecular formula is C23H29N5O2. The highest BCUT2D eigenvalue weighted by Crippen LogP contribution is 2.40. The molecule has 3 aliphatic rings. The molecule has 0 saturated carbocycles. The predicted molar refractivity (Wildman–Crippen MR) is 115 cm³/mol. The number of hydrogen-bond donors (Lipinski definition) is 0. The van der Waals surface area contributed by atoms with Crippen molar-refractivity contribution in [3.63, 3.8) is 0 Å². The van der Waals surface area contributed by atoms with Crippen molar-refractivity contribution in [3.05, 3.63) is 52.8 Å². The lowest BCUT2D eigenvalue weighted by Crippen LogP contribution is -2.46. The van der Waals surface area contributed by atoms with Crippen molar-refractivity contribution in [2.45, 2.75) is 25.4 Å². The Morgan fingerprint density at radius 1 is 1.17 bits per heavy atom. The van der Waals surface area contributed by atoms with Crippen molar-refractivity contribution in [2.24, 2.45) is 0 Å². The number of amides is 1. The van der Waals surface area contributed by atoms with Crippen LogP contribution in [0.15, 0.2) is 30.5 Å². The zero-order chi connectivity index (χ0) is 20.7. The van der Waals surface area contributed by atoms with Crippen LogP contribution in [0.4, 0.5) is 5.95 Å². The number of likely N-dealkylation sites (N-methyl/N-ethyl adjacent to an activating group) is 1. The normalized spacial score (nSPS) is 24.3. The van der Waals surface area contributed by atoms with Crippen LogP contribution in [-0.4, -0.2) is 78.6 Å². The molecule has 2 aromatic rings. The molecule has 1 aromatic heterocycles. The molecule has 1 spiro atoms. The summed E-state index contributed by atoms with van der Waals surface area (Å²) >= 11 is 0.